The van der Waals surface area contributed by atoms with Gasteiger partial charge in [0.15, 0.2) is 0 Å². The van der Waals surface area contributed by atoms with Crippen LogP contribution in [0.1, 0.15) is 29.9 Å². The number of nitrogens with one attached hydrogen (secondary N) is 1. The molecule has 1 aromatic rings. The monoisotopic (exact) mass is 247 g/mol. The molecule has 0 aromatic carbocycles. The smallest absolute Gasteiger partial charge is 0.260 e. The summed E-state index contributed by atoms with van der Waals surface area (Å²) in [5, 5.41) is 8.77. The highest BCUT2D eigenvalue weighted by atomic mass is 16.2. The molecule has 0 saturated carbocycles. The van der Waals surface area contributed by atoms with Crippen LogP contribution in [-0.4, -0.2) is 28.9 Å². The highest BCUT2D eigenvalue weighted by Crippen LogP contribution is 2.04. The van der Waals surface area contributed by atoms with E-state index in [1.807, 2.05) is 6.92 Å². The van der Waals surface area contributed by atoms with E-state index in [9.17, 15) is 9.59 Å². The van der Waals surface area contributed by atoms with Gasteiger partial charge in [0.2, 0.25) is 0 Å². The molecular formula is C13H17N3O2. The lowest BCUT2D eigenvalue weighted by Crippen LogP contribution is -2.37. The van der Waals surface area contributed by atoms with Gasteiger partial charge in [-0.25, -0.2) is 0 Å². The van der Waals surface area contributed by atoms with E-state index >= 15 is 0 Å². The molecule has 1 rings (SSSR count). The Morgan fingerprint density at radius 1 is 1.56 bits per heavy atom. The van der Waals surface area contributed by atoms with E-state index in [0.717, 1.165) is 0 Å². The fraction of sp³-hybridized carbons (Fsp3) is 0.462. The van der Waals surface area contributed by atoms with Gasteiger partial charge in [0.1, 0.15) is 5.56 Å². The molecule has 1 aromatic heterocycles. The average Bonchev–Trinajstić information content (AvgIpc) is 2.34. The van der Waals surface area contributed by atoms with Crippen LogP contribution in [0.3, 0.4) is 0 Å². The summed E-state index contributed by atoms with van der Waals surface area (Å²) < 4.78 is 0. The first-order valence-corrected chi connectivity index (χ1v) is 5.88. The molecule has 0 radical (unpaired) electrons. The Bertz CT molecular complexity index is 528. The summed E-state index contributed by atoms with van der Waals surface area (Å²) in [5.74, 6) is -0.584. The molecule has 18 heavy (non-hydrogen) atoms. The van der Waals surface area contributed by atoms with Gasteiger partial charge < -0.3 is 9.88 Å². The molecular weight excluding hydrogens is 230 g/mol. The summed E-state index contributed by atoms with van der Waals surface area (Å²) in [6, 6.07) is 5.29. The number of hydrogen-bond donors (Lipinski definition) is 1. The average molecular weight is 247 g/mol. The predicted octanol–water partition coefficient (Wildman–Crippen LogP) is 1.31. The first-order valence-electron chi connectivity index (χ1n) is 5.88. The number of aromatic amines is 1. The quantitative estimate of drug-likeness (QED) is 0.871. The summed E-state index contributed by atoms with van der Waals surface area (Å²) in [5.41, 5.74) is 0.445. The van der Waals surface area contributed by atoms with E-state index in [0.29, 0.717) is 18.8 Å². The zero-order valence-corrected chi connectivity index (χ0v) is 10.9. The Morgan fingerprint density at radius 3 is 2.72 bits per heavy atom. The van der Waals surface area contributed by atoms with Crippen LogP contribution in [0.15, 0.2) is 16.9 Å². The van der Waals surface area contributed by atoms with Crippen molar-refractivity contribution in [2.45, 2.75) is 20.8 Å². The Morgan fingerprint density at radius 2 is 2.22 bits per heavy atom. The molecule has 1 heterocycles. The second-order valence-electron chi connectivity index (χ2n) is 4.26. The summed E-state index contributed by atoms with van der Waals surface area (Å²) >= 11 is 0. The molecule has 5 heteroatoms. The summed E-state index contributed by atoms with van der Waals surface area (Å²) in [6.45, 7) is 6.13. The van der Waals surface area contributed by atoms with E-state index < -0.39 is 0 Å². The van der Waals surface area contributed by atoms with Gasteiger partial charge >= 0.3 is 0 Å². The molecule has 5 nitrogen and oxygen atoms in total. The van der Waals surface area contributed by atoms with Crippen molar-refractivity contribution in [3.05, 3.63) is 33.7 Å². The Balaban J connectivity index is 2.97. The number of aromatic nitrogens is 1. The first-order chi connectivity index (χ1) is 8.49. The lowest BCUT2D eigenvalue weighted by molar-refractivity contribution is 0.0751. The van der Waals surface area contributed by atoms with E-state index in [4.69, 9.17) is 5.26 Å². The predicted molar refractivity (Wildman–Crippen MR) is 68.2 cm³/mol. The number of aryl methyl sites for hydroxylation is 1. The second kappa shape index (κ2) is 6.01. The van der Waals surface area contributed by atoms with Crippen molar-refractivity contribution < 1.29 is 4.79 Å². The third-order valence-electron chi connectivity index (χ3n) is 2.67. The van der Waals surface area contributed by atoms with Gasteiger partial charge in [0, 0.05) is 18.8 Å². The van der Waals surface area contributed by atoms with Gasteiger partial charge in [-0.3, -0.25) is 9.59 Å². The Kier molecular flexibility index (Phi) is 4.67. The van der Waals surface area contributed by atoms with E-state index in [-0.39, 0.29) is 22.9 Å². The van der Waals surface area contributed by atoms with Crippen LogP contribution in [-0.2, 0) is 0 Å². The van der Waals surface area contributed by atoms with E-state index in [1.54, 1.807) is 19.9 Å². The maximum absolute atomic E-state index is 12.2. The standard InChI is InChI=1S/C13H17N3O2/c1-4-16(8-9(2)7-14)13(18)11-6-5-10(3)15-12(11)17/h5-6,9H,4,8H2,1-3H3,(H,15,17). The third-order valence-corrected chi connectivity index (χ3v) is 2.67. The number of hydrogen-bond acceptors (Lipinski definition) is 3. The molecule has 0 bridgehead atoms. The Hall–Kier alpha value is -2.09. The fourth-order valence-electron chi connectivity index (χ4n) is 1.64. The van der Waals surface area contributed by atoms with Gasteiger partial charge in [0.05, 0.1) is 12.0 Å². The van der Waals surface area contributed by atoms with Crippen molar-refractivity contribution >= 4 is 5.91 Å². The van der Waals surface area contributed by atoms with Gasteiger partial charge in [-0.1, -0.05) is 0 Å². The number of nitriles is 1. The molecule has 0 aliphatic carbocycles. The highest BCUT2D eigenvalue weighted by molar-refractivity contribution is 5.93. The van der Waals surface area contributed by atoms with Gasteiger partial charge in [0.25, 0.3) is 11.5 Å². The van der Waals surface area contributed by atoms with Crippen LogP contribution in [0.25, 0.3) is 0 Å². The maximum atomic E-state index is 12.2. The molecule has 96 valence electrons. The van der Waals surface area contributed by atoms with Crippen molar-refractivity contribution in [3.63, 3.8) is 0 Å². The number of amides is 1. The van der Waals surface area contributed by atoms with Gasteiger partial charge in [-0.05, 0) is 32.9 Å². The number of pyridine rings is 1. The molecule has 1 atom stereocenters. The van der Waals surface area contributed by atoms with Crippen molar-refractivity contribution in [2.24, 2.45) is 5.92 Å². The minimum atomic E-state index is -0.386. The SMILES string of the molecule is CCN(CC(C)C#N)C(=O)c1ccc(C)[nH]c1=O. The number of H-pyrrole nitrogens is 1. The fourth-order valence-corrected chi connectivity index (χ4v) is 1.64. The van der Waals surface area contributed by atoms with E-state index in [2.05, 4.69) is 11.1 Å². The number of rotatable bonds is 4. The molecule has 1 unspecified atom stereocenters. The zero-order chi connectivity index (χ0) is 13.7. The molecule has 1 N–H and O–H groups in total. The van der Waals surface area contributed by atoms with E-state index in [1.165, 1.54) is 11.0 Å². The van der Waals surface area contributed by atoms with Crippen LogP contribution in [0.4, 0.5) is 0 Å². The lowest BCUT2D eigenvalue weighted by atomic mass is 10.1. The minimum absolute atomic E-state index is 0.118. The van der Waals surface area contributed by atoms with Crippen molar-refractivity contribution in [2.75, 3.05) is 13.1 Å². The third kappa shape index (κ3) is 3.20. The summed E-state index contributed by atoms with van der Waals surface area (Å²) in [6.07, 6.45) is 0. The number of carbonyl (C=O) groups is 1. The topological polar surface area (TPSA) is 77.0 Å². The van der Waals surface area contributed by atoms with Crippen LogP contribution in [0.2, 0.25) is 0 Å². The summed E-state index contributed by atoms with van der Waals surface area (Å²) in [7, 11) is 0. The summed E-state index contributed by atoms with van der Waals surface area (Å²) in [4.78, 5) is 28.0. The molecule has 0 aliphatic heterocycles. The van der Waals surface area contributed by atoms with Crippen molar-refractivity contribution in [1.29, 1.82) is 5.26 Å². The second-order valence-corrected chi connectivity index (χ2v) is 4.26. The van der Waals surface area contributed by atoms with Crippen LogP contribution in [0.5, 0.6) is 0 Å². The number of nitrogens with zero attached hydrogens (tertiary/aromatic N) is 2. The van der Waals surface area contributed by atoms with Crippen LogP contribution in [0, 0.1) is 24.2 Å². The molecule has 1 amide bonds. The highest BCUT2D eigenvalue weighted by Gasteiger charge is 2.19. The largest absolute Gasteiger partial charge is 0.337 e. The first kappa shape index (κ1) is 14.0. The van der Waals surface area contributed by atoms with Crippen LogP contribution < -0.4 is 5.56 Å². The van der Waals surface area contributed by atoms with Crippen molar-refractivity contribution in [3.8, 4) is 6.07 Å². The Labute approximate surface area is 106 Å². The normalized spacial score (nSPS) is 11.7. The molecule has 0 spiro atoms. The molecule has 0 saturated heterocycles. The molecule has 0 fully saturated rings. The molecule has 0 aliphatic rings. The lowest BCUT2D eigenvalue weighted by Gasteiger charge is -2.21. The zero-order valence-electron chi connectivity index (χ0n) is 10.9. The number of carbonyl (C=O) groups excluding carboxylic acids is 1. The van der Waals surface area contributed by atoms with Crippen LogP contribution >= 0.6 is 0 Å². The van der Waals surface area contributed by atoms with Gasteiger partial charge in [-0.2, -0.15) is 5.26 Å². The minimum Gasteiger partial charge on any atom is -0.337 e. The maximum Gasteiger partial charge on any atom is 0.260 e. The van der Waals surface area contributed by atoms with Gasteiger partial charge in [-0.15, -0.1) is 0 Å². The van der Waals surface area contributed by atoms with Crippen molar-refractivity contribution in [1.82, 2.24) is 9.88 Å².